The van der Waals surface area contributed by atoms with Gasteiger partial charge in [0, 0.05) is 5.56 Å². The maximum Gasteiger partial charge on any atom is 0.126 e. The van der Waals surface area contributed by atoms with E-state index in [1.54, 1.807) is 0 Å². The van der Waals surface area contributed by atoms with Gasteiger partial charge in [0.25, 0.3) is 0 Å². The van der Waals surface area contributed by atoms with Gasteiger partial charge < -0.3 is 29.6 Å². The molecule has 1 rings (SSSR count). The van der Waals surface area contributed by atoms with Crippen LogP contribution in [0.4, 0.5) is 0 Å². The van der Waals surface area contributed by atoms with Crippen LogP contribution in [0.1, 0.15) is 5.56 Å². The van der Waals surface area contributed by atoms with Crippen molar-refractivity contribution in [1.29, 1.82) is 0 Å². The highest BCUT2D eigenvalue weighted by Gasteiger charge is 2.25. The molecular formula is C16H28NO5+. The average molecular weight is 314 g/mol. The summed E-state index contributed by atoms with van der Waals surface area (Å²) in [5.41, 5.74) is 1.14. The molecule has 0 amide bonds. The number of nitrogens with zero attached hydrogens (tertiary/aromatic N) is 1. The Morgan fingerprint density at radius 3 is 2.27 bits per heavy atom. The fourth-order valence-electron chi connectivity index (χ4n) is 2.45. The number of benzene rings is 1. The Hall–Kier alpha value is -1.02. The molecule has 0 saturated heterocycles. The summed E-state index contributed by atoms with van der Waals surface area (Å²) >= 11 is 0. The van der Waals surface area contributed by atoms with Crippen LogP contribution >= 0.6 is 0 Å². The van der Waals surface area contributed by atoms with Crippen LogP contribution in [-0.2, 0) is 11.3 Å². The molecule has 0 bridgehead atoms. The third-order valence-electron chi connectivity index (χ3n) is 3.53. The second-order valence-electron chi connectivity index (χ2n) is 5.92. The number of aliphatic hydroxyl groups is 4. The highest BCUT2D eigenvalue weighted by atomic mass is 16.5. The van der Waals surface area contributed by atoms with Crippen molar-refractivity contribution in [1.82, 2.24) is 0 Å². The third-order valence-corrected chi connectivity index (χ3v) is 3.53. The summed E-state index contributed by atoms with van der Waals surface area (Å²) in [6.07, 6.45) is -1.62. The Labute approximate surface area is 131 Å². The molecule has 3 unspecified atom stereocenters. The molecule has 1 aromatic rings. The fourth-order valence-corrected chi connectivity index (χ4v) is 2.45. The van der Waals surface area contributed by atoms with E-state index in [0.29, 0.717) is 24.1 Å². The highest BCUT2D eigenvalue weighted by Crippen LogP contribution is 2.13. The number of hydrogen-bond donors (Lipinski definition) is 4. The van der Waals surface area contributed by atoms with Crippen LogP contribution in [0.25, 0.3) is 0 Å². The van der Waals surface area contributed by atoms with Gasteiger partial charge in [-0.25, -0.2) is 0 Å². The third kappa shape index (κ3) is 7.31. The quantitative estimate of drug-likeness (QED) is 0.408. The molecule has 3 atom stereocenters. The zero-order valence-electron chi connectivity index (χ0n) is 13.1. The smallest absolute Gasteiger partial charge is 0.126 e. The summed E-state index contributed by atoms with van der Waals surface area (Å²) in [4.78, 5) is 0. The molecule has 0 heterocycles. The minimum atomic E-state index is -0.921. The van der Waals surface area contributed by atoms with Crippen LogP contribution in [0.3, 0.4) is 0 Å². The van der Waals surface area contributed by atoms with Crippen molar-refractivity contribution in [2.75, 3.05) is 46.6 Å². The number of aliphatic hydroxyl groups excluding tert-OH is 4. The number of ether oxygens (including phenoxy) is 1. The normalized spacial score (nSPS) is 17.0. The van der Waals surface area contributed by atoms with E-state index in [9.17, 15) is 15.3 Å². The zero-order valence-corrected chi connectivity index (χ0v) is 13.1. The summed E-state index contributed by atoms with van der Waals surface area (Å²) < 4.78 is 5.68. The van der Waals surface area contributed by atoms with E-state index in [0.717, 1.165) is 5.56 Å². The Bertz CT molecular complexity index is 403. The standard InChI is InChI=1S/C16H28NO5/c1-17(7-8-18,9-14-5-3-2-4-6-14)10-15(20)12-22-13-16(21)11-19/h2-6,15-16,18-21H,7-13H2,1H3/q+1. The first-order chi connectivity index (χ1) is 10.5. The van der Waals surface area contributed by atoms with Gasteiger partial charge in [-0.2, -0.15) is 0 Å². The van der Waals surface area contributed by atoms with E-state index in [2.05, 4.69) is 0 Å². The molecule has 6 nitrogen and oxygen atoms in total. The molecular weight excluding hydrogens is 286 g/mol. The molecule has 0 spiro atoms. The number of rotatable bonds is 11. The maximum atomic E-state index is 10.1. The highest BCUT2D eigenvalue weighted by molar-refractivity contribution is 5.13. The molecule has 0 radical (unpaired) electrons. The summed E-state index contributed by atoms with van der Waals surface area (Å²) in [5, 5.41) is 37.3. The molecule has 0 aliphatic carbocycles. The molecule has 0 saturated carbocycles. The predicted octanol–water partition coefficient (Wildman–Crippen LogP) is -0.644. The summed E-state index contributed by atoms with van der Waals surface area (Å²) in [6.45, 7) is 1.44. The first kappa shape index (κ1) is 19.0. The van der Waals surface area contributed by atoms with Crippen LogP contribution in [-0.4, -0.2) is 83.7 Å². The number of hydrogen-bond acceptors (Lipinski definition) is 5. The van der Waals surface area contributed by atoms with Gasteiger partial charge in [0.05, 0.1) is 33.5 Å². The second-order valence-corrected chi connectivity index (χ2v) is 5.92. The van der Waals surface area contributed by atoms with Gasteiger partial charge in [-0.15, -0.1) is 0 Å². The first-order valence-corrected chi connectivity index (χ1v) is 7.52. The van der Waals surface area contributed by atoms with Crippen molar-refractivity contribution in [2.24, 2.45) is 0 Å². The molecule has 126 valence electrons. The fraction of sp³-hybridized carbons (Fsp3) is 0.625. The van der Waals surface area contributed by atoms with E-state index >= 15 is 0 Å². The first-order valence-electron chi connectivity index (χ1n) is 7.52. The SMILES string of the molecule is C[N+](CCO)(Cc1ccccc1)CC(O)COCC(O)CO. The Morgan fingerprint density at radius 2 is 1.68 bits per heavy atom. The lowest BCUT2D eigenvalue weighted by Gasteiger charge is -2.35. The van der Waals surface area contributed by atoms with Crippen molar-refractivity contribution in [3.05, 3.63) is 35.9 Å². The summed E-state index contributed by atoms with van der Waals surface area (Å²) in [6, 6.07) is 9.93. The molecule has 0 aliphatic rings. The van der Waals surface area contributed by atoms with E-state index in [1.807, 2.05) is 37.4 Å². The van der Waals surface area contributed by atoms with Crippen molar-refractivity contribution < 1.29 is 29.6 Å². The molecule has 6 heteroatoms. The molecule has 0 fully saturated rings. The monoisotopic (exact) mass is 314 g/mol. The van der Waals surface area contributed by atoms with Crippen LogP contribution in [0.2, 0.25) is 0 Å². The van der Waals surface area contributed by atoms with Crippen molar-refractivity contribution in [3.63, 3.8) is 0 Å². The minimum absolute atomic E-state index is 0.00401. The predicted molar refractivity (Wildman–Crippen MR) is 83.1 cm³/mol. The van der Waals surface area contributed by atoms with E-state index < -0.39 is 12.2 Å². The van der Waals surface area contributed by atoms with Crippen LogP contribution < -0.4 is 0 Å². The van der Waals surface area contributed by atoms with Crippen LogP contribution in [0.15, 0.2) is 30.3 Å². The maximum absolute atomic E-state index is 10.1. The topological polar surface area (TPSA) is 90.2 Å². The van der Waals surface area contributed by atoms with Crippen molar-refractivity contribution >= 4 is 0 Å². The van der Waals surface area contributed by atoms with Gasteiger partial charge in [-0.3, -0.25) is 0 Å². The molecule has 22 heavy (non-hydrogen) atoms. The van der Waals surface area contributed by atoms with E-state index in [1.165, 1.54) is 0 Å². The van der Waals surface area contributed by atoms with Gasteiger partial charge in [0.1, 0.15) is 31.8 Å². The van der Waals surface area contributed by atoms with Crippen LogP contribution in [0.5, 0.6) is 0 Å². The Balaban J connectivity index is 2.51. The molecule has 0 aliphatic heterocycles. The van der Waals surface area contributed by atoms with Gasteiger partial charge in [0.15, 0.2) is 0 Å². The molecule has 1 aromatic carbocycles. The lowest BCUT2D eigenvalue weighted by molar-refractivity contribution is -0.925. The lowest BCUT2D eigenvalue weighted by atomic mass is 10.1. The molecule has 0 aromatic heterocycles. The zero-order chi connectivity index (χ0) is 16.4. The molecule has 4 N–H and O–H groups in total. The number of quaternary nitrogens is 1. The summed E-state index contributed by atoms with van der Waals surface area (Å²) in [5.74, 6) is 0. The van der Waals surface area contributed by atoms with Crippen molar-refractivity contribution in [3.8, 4) is 0 Å². The van der Waals surface area contributed by atoms with Gasteiger partial charge in [-0.05, 0) is 0 Å². The van der Waals surface area contributed by atoms with Gasteiger partial charge in [0.2, 0.25) is 0 Å². The largest absolute Gasteiger partial charge is 0.394 e. The van der Waals surface area contributed by atoms with Gasteiger partial charge in [-0.1, -0.05) is 30.3 Å². The number of likely N-dealkylation sites (N-methyl/N-ethyl adjacent to an activating group) is 1. The minimum Gasteiger partial charge on any atom is -0.394 e. The van der Waals surface area contributed by atoms with Gasteiger partial charge >= 0.3 is 0 Å². The Morgan fingerprint density at radius 1 is 1.05 bits per heavy atom. The second kappa shape index (κ2) is 9.89. The van der Waals surface area contributed by atoms with E-state index in [4.69, 9.17) is 9.84 Å². The van der Waals surface area contributed by atoms with Crippen LogP contribution in [0, 0.1) is 0 Å². The lowest BCUT2D eigenvalue weighted by Crippen LogP contribution is -2.50. The Kier molecular flexibility index (Phi) is 8.55. The summed E-state index contributed by atoms with van der Waals surface area (Å²) in [7, 11) is 1.98. The van der Waals surface area contributed by atoms with Crippen molar-refractivity contribution in [2.45, 2.75) is 18.8 Å². The average Bonchev–Trinajstić information content (AvgIpc) is 2.47. The van der Waals surface area contributed by atoms with E-state index in [-0.39, 0.29) is 26.4 Å².